The molecule has 1 aliphatic heterocycles. The molecule has 2 aromatic heterocycles. The van der Waals surface area contributed by atoms with E-state index in [1.54, 1.807) is 24.5 Å². The van der Waals surface area contributed by atoms with E-state index < -0.39 is 0 Å². The highest BCUT2D eigenvalue weighted by molar-refractivity contribution is 5.94. The van der Waals surface area contributed by atoms with Crippen molar-refractivity contribution >= 4 is 23.4 Å². The Kier molecular flexibility index (Phi) is 8.08. The van der Waals surface area contributed by atoms with Crippen LogP contribution in [0.3, 0.4) is 0 Å². The summed E-state index contributed by atoms with van der Waals surface area (Å²) in [5.41, 5.74) is 12.2. The van der Waals surface area contributed by atoms with E-state index in [0.717, 1.165) is 67.9 Å². The van der Waals surface area contributed by atoms with E-state index in [2.05, 4.69) is 78.5 Å². The number of hydrogen-bond donors (Lipinski definition) is 3. The molecule has 1 saturated carbocycles. The second-order valence-electron chi connectivity index (χ2n) is 10.9. The number of carbonyl (C=O) groups excluding carboxylic acids is 1. The van der Waals surface area contributed by atoms with E-state index in [9.17, 15) is 4.79 Å². The monoisotopic (exact) mass is 558 g/mol. The third-order valence-electron chi connectivity index (χ3n) is 7.50. The van der Waals surface area contributed by atoms with E-state index in [1.165, 1.54) is 5.56 Å². The van der Waals surface area contributed by atoms with Crippen LogP contribution in [0.2, 0.25) is 0 Å². The van der Waals surface area contributed by atoms with Crippen molar-refractivity contribution in [3.63, 3.8) is 0 Å². The molecular weight excluding hydrogens is 524 g/mol. The van der Waals surface area contributed by atoms with Gasteiger partial charge in [0.05, 0.1) is 0 Å². The zero-order valence-electron chi connectivity index (χ0n) is 23.7. The van der Waals surface area contributed by atoms with Gasteiger partial charge in [0.1, 0.15) is 11.5 Å². The topological polar surface area (TPSA) is 112 Å². The summed E-state index contributed by atoms with van der Waals surface area (Å²) in [4.78, 5) is 30.4. The van der Waals surface area contributed by atoms with E-state index in [1.807, 2.05) is 24.3 Å². The van der Waals surface area contributed by atoms with E-state index in [-0.39, 0.29) is 5.91 Å². The van der Waals surface area contributed by atoms with Crippen LogP contribution in [-0.2, 0) is 6.54 Å². The lowest BCUT2D eigenvalue weighted by atomic mass is 10.1. The molecule has 0 radical (unpaired) electrons. The second-order valence-corrected chi connectivity index (χ2v) is 10.9. The number of carbonyl (C=O) groups is 1. The number of hydrogen-bond acceptors (Lipinski definition) is 8. The van der Waals surface area contributed by atoms with Crippen molar-refractivity contribution in [2.45, 2.75) is 25.4 Å². The maximum absolute atomic E-state index is 12.3. The Morgan fingerprint density at radius 2 is 1.74 bits per heavy atom. The molecule has 1 amide bonds. The third-order valence-corrected chi connectivity index (χ3v) is 7.50. The van der Waals surface area contributed by atoms with Crippen molar-refractivity contribution < 1.29 is 4.79 Å². The van der Waals surface area contributed by atoms with Gasteiger partial charge in [-0.15, -0.1) is 0 Å². The van der Waals surface area contributed by atoms with E-state index >= 15 is 0 Å². The van der Waals surface area contributed by atoms with Crippen LogP contribution in [0.25, 0.3) is 11.1 Å². The van der Waals surface area contributed by atoms with Crippen LogP contribution in [0, 0.1) is 11.8 Å². The molecule has 0 spiro atoms. The maximum atomic E-state index is 12.3. The molecule has 3 heterocycles. The number of rotatable bonds is 7. The number of aromatic nitrogens is 3. The normalized spacial score (nSPS) is 15.5. The summed E-state index contributed by atoms with van der Waals surface area (Å²) in [6.07, 6.45) is 5.46. The van der Waals surface area contributed by atoms with Gasteiger partial charge < -0.3 is 21.3 Å². The summed E-state index contributed by atoms with van der Waals surface area (Å²) >= 11 is 0. The fourth-order valence-corrected chi connectivity index (χ4v) is 4.77. The molecule has 4 N–H and O–H groups in total. The third kappa shape index (κ3) is 7.10. The molecule has 2 aromatic carbocycles. The minimum absolute atomic E-state index is 0.0797. The quantitative estimate of drug-likeness (QED) is 0.293. The van der Waals surface area contributed by atoms with Gasteiger partial charge in [-0.2, -0.15) is 4.98 Å². The minimum Gasteiger partial charge on any atom is -0.383 e. The highest BCUT2D eigenvalue weighted by Gasteiger charge is 2.23. The number of nitrogens with zero attached hydrogens (tertiary/aromatic N) is 5. The summed E-state index contributed by atoms with van der Waals surface area (Å²) in [5.74, 6) is 6.91. The summed E-state index contributed by atoms with van der Waals surface area (Å²) in [6, 6.07) is 19.8. The first kappa shape index (κ1) is 27.4. The molecule has 0 unspecified atom stereocenters. The number of benzene rings is 2. The molecule has 2 fully saturated rings. The van der Waals surface area contributed by atoms with Gasteiger partial charge in [0.25, 0.3) is 5.91 Å². The standard InChI is InChI=1S/C33H34N8O/c1-40-16-18-41(19-17-40)22-24-2-7-25(8-3-24)30-21-36-33(39-31(30)34)38-28-9-4-23(5-10-28)6-11-29-20-26(14-15-35-29)32(42)37-27-12-13-27/h2-5,7-10,14-15,20-21,27H,12-13,16-19,22H2,1H3,(H,37,42)(H3,34,36,38,39). The molecule has 6 rings (SSSR count). The van der Waals surface area contributed by atoms with Crippen molar-refractivity contribution in [1.29, 1.82) is 0 Å². The molecule has 212 valence electrons. The smallest absolute Gasteiger partial charge is 0.251 e. The van der Waals surface area contributed by atoms with Crippen LogP contribution in [-0.4, -0.2) is 69.9 Å². The van der Waals surface area contributed by atoms with Crippen molar-refractivity contribution in [2.24, 2.45) is 0 Å². The lowest BCUT2D eigenvalue weighted by molar-refractivity contribution is 0.0951. The Balaban J connectivity index is 1.06. The SMILES string of the molecule is CN1CCN(Cc2ccc(-c3cnc(Nc4ccc(C#Cc5cc(C(=O)NC6CC6)ccn5)cc4)nc3N)cc2)CC1. The summed E-state index contributed by atoms with van der Waals surface area (Å²) in [5, 5.41) is 6.19. The number of nitrogen functional groups attached to an aromatic ring is 1. The lowest BCUT2D eigenvalue weighted by Crippen LogP contribution is -2.43. The average molecular weight is 559 g/mol. The van der Waals surface area contributed by atoms with Crippen LogP contribution in [0.5, 0.6) is 0 Å². The molecule has 4 aromatic rings. The number of nitrogens with one attached hydrogen (secondary N) is 2. The molecule has 9 heteroatoms. The van der Waals surface area contributed by atoms with Gasteiger partial charge in [-0.1, -0.05) is 30.2 Å². The Labute approximate surface area is 246 Å². The molecule has 0 atom stereocenters. The number of nitrogens with two attached hydrogens (primary N) is 1. The predicted octanol–water partition coefficient (Wildman–Crippen LogP) is 3.90. The Morgan fingerprint density at radius 3 is 2.45 bits per heavy atom. The summed E-state index contributed by atoms with van der Waals surface area (Å²) in [7, 11) is 2.17. The first-order valence-corrected chi connectivity index (χ1v) is 14.3. The van der Waals surface area contributed by atoms with Gasteiger partial charge in [0.2, 0.25) is 5.95 Å². The van der Waals surface area contributed by atoms with Crippen LogP contribution in [0.15, 0.2) is 73.1 Å². The molecular formula is C33H34N8O. The van der Waals surface area contributed by atoms with Gasteiger partial charge in [-0.25, -0.2) is 9.97 Å². The van der Waals surface area contributed by atoms with Gasteiger partial charge in [0.15, 0.2) is 0 Å². The summed E-state index contributed by atoms with van der Waals surface area (Å²) < 4.78 is 0. The zero-order valence-corrected chi connectivity index (χ0v) is 23.7. The highest BCUT2D eigenvalue weighted by atomic mass is 16.1. The molecule has 1 aliphatic carbocycles. The van der Waals surface area contributed by atoms with Crippen LogP contribution in [0.4, 0.5) is 17.5 Å². The lowest BCUT2D eigenvalue weighted by Gasteiger charge is -2.32. The number of anilines is 3. The predicted molar refractivity (Wildman–Crippen MR) is 165 cm³/mol. The number of pyridine rings is 1. The fourth-order valence-electron chi connectivity index (χ4n) is 4.77. The first-order valence-electron chi connectivity index (χ1n) is 14.3. The zero-order chi connectivity index (χ0) is 28.9. The Bertz CT molecular complexity index is 1610. The minimum atomic E-state index is -0.0797. The number of likely N-dealkylation sites (N-methyl/N-ethyl adjacent to an activating group) is 1. The van der Waals surface area contributed by atoms with Gasteiger partial charge in [-0.3, -0.25) is 9.69 Å². The first-order chi connectivity index (χ1) is 20.5. The number of piperazine rings is 1. The van der Waals surface area contributed by atoms with Crippen LogP contribution < -0.4 is 16.4 Å². The highest BCUT2D eigenvalue weighted by Crippen LogP contribution is 2.26. The largest absolute Gasteiger partial charge is 0.383 e. The Hall–Kier alpha value is -4.78. The average Bonchev–Trinajstić information content (AvgIpc) is 3.83. The molecule has 42 heavy (non-hydrogen) atoms. The van der Waals surface area contributed by atoms with Crippen molar-refractivity contribution in [3.05, 3.63) is 95.4 Å². The van der Waals surface area contributed by atoms with E-state index in [0.29, 0.717) is 29.1 Å². The Morgan fingerprint density at radius 1 is 0.976 bits per heavy atom. The van der Waals surface area contributed by atoms with Gasteiger partial charge in [0, 0.05) is 73.5 Å². The van der Waals surface area contributed by atoms with Crippen molar-refractivity contribution in [1.82, 2.24) is 30.1 Å². The van der Waals surface area contributed by atoms with Gasteiger partial charge in [-0.05, 0) is 73.3 Å². The number of amides is 1. The van der Waals surface area contributed by atoms with Crippen molar-refractivity contribution in [3.8, 4) is 23.0 Å². The molecule has 2 aliphatic rings. The molecule has 0 bridgehead atoms. The van der Waals surface area contributed by atoms with E-state index in [4.69, 9.17) is 5.73 Å². The maximum Gasteiger partial charge on any atom is 0.251 e. The summed E-state index contributed by atoms with van der Waals surface area (Å²) in [6.45, 7) is 5.37. The second kappa shape index (κ2) is 12.4. The molecule has 9 nitrogen and oxygen atoms in total. The fraction of sp³-hybridized carbons (Fsp3) is 0.273. The van der Waals surface area contributed by atoms with Crippen LogP contribution >= 0.6 is 0 Å². The molecule has 1 saturated heterocycles. The van der Waals surface area contributed by atoms with Crippen LogP contribution in [0.1, 0.15) is 40.0 Å². The van der Waals surface area contributed by atoms with Crippen molar-refractivity contribution in [2.75, 3.05) is 44.3 Å². The van der Waals surface area contributed by atoms with Gasteiger partial charge >= 0.3 is 0 Å².